The number of amides is 3. The van der Waals surface area contributed by atoms with Gasteiger partial charge in [-0.05, 0) is 29.8 Å². The summed E-state index contributed by atoms with van der Waals surface area (Å²) in [5.41, 5.74) is 0. The minimum absolute atomic E-state index is 0.208. The number of nitrogens with zero attached hydrogens (tertiary/aromatic N) is 2. The maximum Gasteiger partial charge on any atom is 0.324 e. The smallest absolute Gasteiger partial charge is 0.324 e. The zero-order valence-electron chi connectivity index (χ0n) is 16.3. The first-order valence-electron chi connectivity index (χ1n) is 9.80. The first kappa shape index (κ1) is 19.8. The van der Waals surface area contributed by atoms with Crippen LogP contribution in [0.25, 0.3) is 10.8 Å². The average Bonchev–Trinajstić information content (AvgIpc) is 3.18. The molecule has 29 heavy (non-hydrogen) atoms. The Labute approximate surface area is 170 Å². The first-order chi connectivity index (χ1) is 13.9. The van der Waals surface area contributed by atoms with Crippen LogP contribution in [0.1, 0.15) is 6.92 Å². The summed E-state index contributed by atoms with van der Waals surface area (Å²) in [7, 11) is -3.59. The van der Waals surface area contributed by atoms with Crippen LogP contribution in [0.2, 0.25) is 0 Å². The Morgan fingerprint density at radius 3 is 2.41 bits per heavy atom. The lowest BCUT2D eigenvalue weighted by molar-refractivity contribution is -0.917. The highest BCUT2D eigenvalue weighted by atomic mass is 32.2. The fourth-order valence-corrected chi connectivity index (χ4v) is 5.49. The van der Waals surface area contributed by atoms with Crippen molar-refractivity contribution >= 4 is 32.7 Å². The van der Waals surface area contributed by atoms with Gasteiger partial charge in [-0.1, -0.05) is 30.3 Å². The van der Waals surface area contributed by atoms with Crippen LogP contribution in [-0.4, -0.2) is 74.9 Å². The van der Waals surface area contributed by atoms with E-state index in [0.29, 0.717) is 39.3 Å². The number of imide groups is 1. The van der Waals surface area contributed by atoms with Crippen molar-refractivity contribution in [2.45, 2.75) is 17.9 Å². The highest BCUT2D eigenvalue weighted by Crippen LogP contribution is 2.22. The average molecular weight is 418 g/mol. The van der Waals surface area contributed by atoms with Crippen LogP contribution in [0, 0.1) is 0 Å². The number of rotatable bonds is 4. The number of carbonyl (C=O) groups is 2. The number of sulfonamides is 1. The van der Waals surface area contributed by atoms with Crippen LogP contribution in [-0.2, 0) is 14.8 Å². The molecule has 2 aliphatic rings. The van der Waals surface area contributed by atoms with Gasteiger partial charge in [0.2, 0.25) is 10.0 Å². The van der Waals surface area contributed by atoms with E-state index in [2.05, 4.69) is 5.32 Å². The molecule has 9 heteroatoms. The molecule has 3 amide bonds. The maximum atomic E-state index is 13.1. The number of nitrogens with one attached hydrogen (secondary N) is 2. The minimum Gasteiger partial charge on any atom is -0.336 e. The predicted molar refractivity (Wildman–Crippen MR) is 108 cm³/mol. The van der Waals surface area contributed by atoms with Gasteiger partial charge in [-0.2, -0.15) is 4.31 Å². The molecule has 2 N–H and O–H groups in total. The molecule has 2 aliphatic heterocycles. The second-order valence-electron chi connectivity index (χ2n) is 7.51. The summed E-state index contributed by atoms with van der Waals surface area (Å²) in [5.74, 6) is -0.208. The molecular formula is C20H25N4O4S+. The summed E-state index contributed by atoms with van der Waals surface area (Å²) in [6.07, 6.45) is 0. The summed E-state index contributed by atoms with van der Waals surface area (Å²) < 4.78 is 27.7. The Hall–Kier alpha value is -2.49. The fourth-order valence-electron chi connectivity index (χ4n) is 4.01. The largest absolute Gasteiger partial charge is 0.336 e. The Balaban J connectivity index is 1.44. The number of hydrogen-bond acceptors (Lipinski definition) is 4. The quantitative estimate of drug-likeness (QED) is 0.713. The van der Waals surface area contributed by atoms with Crippen molar-refractivity contribution in [3.05, 3.63) is 42.5 Å². The van der Waals surface area contributed by atoms with Crippen LogP contribution in [0.15, 0.2) is 47.4 Å². The summed E-state index contributed by atoms with van der Waals surface area (Å²) in [6, 6.07) is 12.1. The molecule has 0 bridgehead atoms. The summed E-state index contributed by atoms with van der Waals surface area (Å²) in [6.45, 7) is 4.39. The molecular weight excluding hydrogens is 392 g/mol. The molecule has 0 aliphatic carbocycles. The summed E-state index contributed by atoms with van der Waals surface area (Å²) in [5, 5.41) is 4.52. The Morgan fingerprint density at radius 2 is 1.76 bits per heavy atom. The van der Waals surface area contributed by atoms with Gasteiger partial charge in [0.25, 0.3) is 5.91 Å². The second kappa shape index (κ2) is 7.74. The van der Waals surface area contributed by atoms with E-state index >= 15 is 0 Å². The molecule has 0 aromatic heterocycles. The van der Waals surface area contributed by atoms with E-state index in [-0.39, 0.29) is 22.9 Å². The van der Waals surface area contributed by atoms with Gasteiger partial charge in [0.05, 0.1) is 31.1 Å². The van der Waals surface area contributed by atoms with Crippen LogP contribution in [0.4, 0.5) is 4.79 Å². The van der Waals surface area contributed by atoms with Crippen LogP contribution >= 0.6 is 0 Å². The molecule has 2 heterocycles. The molecule has 2 fully saturated rings. The number of quaternary nitrogens is 1. The molecule has 0 spiro atoms. The van der Waals surface area contributed by atoms with Crippen molar-refractivity contribution < 1.29 is 22.9 Å². The number of urea groups is 1. The van der Waals surface area contributed by atoms with Crippen molar-refractivity contribution in [2.75, 3.05) is 39.3 Å². The standard InChI is InChI=1S/C20H24N4O4S/c1-15(19(25)24-9-8-21-20(24)26)22-10-12-23(13-11-22)29(27,28)18-7-6-16-4-2-3-5-17(16)14-18/h2-7,14-15H,8-13H2,1H3,(H,21,26)/p+1/t15-/m1/s1. The lowest BCUT2D eigenvalue weighted by atomic mass is 10.1. The third-order valence-electron chi connectivity index (χ3n) is 5.83. The van der Waals surface area contributed by atoms with E-state index in [9.17, 15) is 18.0 Å². The summed E-state index contributed by atoms with van der Waals surface area (Å²) >= 11 is 0. The fraction of sp³-hybridized carbons (Fsp3) is 0.400. The number of benzene rings is 2. The third kappa shape index (κ3) is 3.73. The second-order valence-corrected chi connectivity index (χ2v) is 9.45. The number of fused-ring (bicyclic) bond motifs is 1. The SMILES string of the molecule is C[C@H](C(=O)N1CCNC1=O)[NH+]1CCN(S(=O)(=O)c2ccc3ccccc3c2)CC1. The van der Waals surface area contributed by atoms with Gasteiger partial charge in [0.1, 0.15) is 0 Å². The molecule has 0 saturated carbocycles. The van der Waals surface area contributed by atoms with Gasteiger partial charge in [-0.3, -0.25) is 9.69 Å². The molecule has 4 rings (SSSR count). The lowest BCUT2D eigenvalue weighted by Crippen LogP contribution is -3.19. The number of hydrogen-bond donors (Lipinski definition) is 2. The van der Waals surface area contributed by atoms with Gasteiger partial charge in [0, 0.05) is 13.1 Å². The van der Waals surface area contributed by atoms with E-state index in [1.807, 2.05) is 30.3 Å². The number of piperazine rings is 1. The van der Waals surface area contributed by atoms with Gasteiger partial charge in [-0.15, -0.1) is 0 Å². The van der Waals surface area contributed by atoms with Gasteiger partial charge < -0.3 is 10.2 Å². The molecule has 8 nitrogen and oxygen atoms in total. The van der Waals surface area contributed by atoms with Gasteiger partial charge >= 0.3 is 6.03 Å². The van der Waals surface area contributed by atoms with E-state index in [1.165, 1.54) is 9.21 Å². The minimum atomic E-state index is -3.59. The van der Waals surface area contributed by atoms with Crippen molar-refractivity contribution in [1.29, 1.82) is 0 Å². The van der Waals surface area contributed by atoms with Crippen molar-refractivity contribution in [3.8, 4) is 0 Å². The highest BCUT2D eigenvalue weighted by Gasteiger charge is 2.38. The number of carbonyl (C=O) groups excluding carboxylic acids is 2. The van der Waals surface area contributed by atoms with E-state index < -0.39 is 10.0 Å². The molecule has 0 unspecified atom stereocenters. The van der Waals surface area contributed by atoms with Gasteiger partial charge in [-0.25, -0.2) is 13.2 Å². The third-order valence-corrected chi connectivity index (χ3v) is 7.72. The summed E-state index contributed by atoms with van der Waals surface area (Å²) in [4.78, 5) is 26.9. The molecule has 2 saturated heterocycles. The normalized spacial score (nSPS) is 20.0. The van der Waals surface area contributed by atoms with Gasteiger partial charge in [0.15, 0.2) is 6.04 Å². The van der Waals surface area contributed by atoms with Crippen LogP contribution in [0.5, 0.6) is 0 Å². The molecule has 1 atom stereocenters. The zero-order valence-corrected chi connectivity index (χ0v) is 17.1. The molecule has 2 aromatic rings. The van der Waals surface area contributed by atoms with Crippen molar-refractivity contribution in [3.63, 3.8) is 0 Å². The lowest BCUT2D eigenvalue weighted by Gasteiger charge is -2.34. The Bertz CT molecular complexity index is 1050. The molecule has 154 valence electrons. The molecule has 2 aromatic carbocycles. The first-order valence-corrected chi connectivity index (χ1v) is 11.2. The predicted octanol–water partition coefficient (Wildman–Crippen LogP) is -0.331. The van der Waals surface area contributed by atoms with E-state index in [0.717, 1.165) is 15.7 Å². The van der Waals surface area contributed by atoms with Crippen molar-refractivity contribution in [1.82, 2.24) is 14.5 Å². The van der Waals surface area contributed by atoms with Crippen LogP contribution < -0.4 is 10.2 Å². The molecule has 0 radical (unpaired) electrons. The monoisotopic (exact) mass is 417 g/mol. The van der Waals surface area contributed by atoms with Crippen molar-refractivity contribution in [2.24, 2.45) is 0 Å². The Morgan fingerprint density at radius 1 is 1.07 bits per heavy atom. The highest BCUT2D eigenvalue weighted by molar-refractivity contribution is 7.89. The zero-order chi connectivity index (χ0) is 20.6. The van der Waals surface area contributed by atoms with E-state index in [4.69, 9.17) is 0 Å². The maximum absolute atomic E-state index is 13.1. The Kier molecular flexibility index (Phi) is 5.28. The van der Waals surface area contributed by atoms with Crippen LogP contribution in [0.3, 0.4) is 0 Å². The topological polar surface area (TPSA) is 91.2 Å². The van der Waals surface area contributed by atoms with E-state index in [1.54, 1.807) is 19.1 Å².